The largest absolute Gasteiger partial charge is 0.493 e. The van der Waals surface area contributed by atoms with E-state index in [1.165, 1.54) is 12.1 Å². The lowest BCUT2D eigenvalue weighted by Gasteiger charge is -2.12. The van der Waals surface area contributed by atoms with Gasteiger partial charge in [-0.25, -0.2) is 4.39 Å². The number of ether oxygens (including phenoxy) is 2. The van der Waals surface area contributed by atoms with Gasteiger partial charge in [-0.05, 0) is 41.8 Å². The minimum absolute atomic E-state index is 0.264. The summed E-state index contributed by atoms with van der Waals surface area (Å²) < 4.78 is 24.1. The third-order valence-corrected chi connectivity index (χ3v) is 2.89. The van der Waals surface area contributed by atoms with Gasteiger partial charge < -0.3 is 9.47 Å². The quantitative estimate of drug-likeness (QED) is 0.736. The highest BCUT2D eigenvalue weighted by atomic mass is 19.1. The lowest BCUT2D eigenvalue weighted by molar-refractivity contribution is 0.284. The van der Waals surface area contributed by atoms with E-state index in [4.69, 9.17) is 9.47 Å². The first-order valence-electron chi connectivity index (χ1n) is 6.38. The zero-order chi connectivity index (χ0) is 14.4. The van der Waals surface area contributed by atoms with Crippen LogP contribution >= 0.6 is 0 Å². The molecule has 0 spiro atoms. The lowest BCUT2D eigenvalue weighted by Crippen LogP contribution is -1.98. The van der Waals surface area contributed by atoms with E-state index >= 15 is 0 Å². The van der Waals surface area contributed by atoms with Crippen LogP contribution in [-0.2, 0) is 13.0 Å². The minimum atomic E-state index is -0.264. The van der Waals surface area contributed by atoms with Crippen LogP contribution in [-0.4, -0.2) is 7.11 Å². The molecule has 3 heteroatoms. The fraction of sp³-hybridized carbons (Fsp3) is 0.176. The summed E-state index contributed by atoms with van der Waals surface area (Å²) in [5, 5.41) is 0. The van der Waals surface area contributed by atoms with Crippen LogP contribution in [0.5, 0.6) is 11.5 Å². The minimum Gasteiger partial charge on any atom is -0.493 e. The van der Waals surface area contributed by atoms with Crippen molar-refractivity contribution in [3.63, 3.8) is 0 Å². The van der Waals surface area contributed by atoms with Gasteiger partial charge in [-0.2, -0.15) is 0 Å². The molecule has 0 N–H and O–H groups in total. The van der Waals surface area contributed by atoms with Crippen LogP contribution < -0.4 is 9.47 Å². The molecule has 2 aromatic carbocycles. The molecule has 2 nitrogen and oxygen atoms in total. The van der Waals surface area contributed by atoms with Crippen LogP contribution in [0.2, 0.25) is 0 Å². The Kier molecular flexibility index (Phi) is 4.77. The van der Waals surface area contributed by atoms with Crippen molar-refractivity contribution in [1.82, 2.24) is 0 Å². The Morgan fingerprint density at radius 2 is 1.95 bits per heavy atom. The number of allylic oxidation sites excluding steroid dienone is 1. The fourth-order valence-corrected chi connectivity index (χ4v) is 1.91. The van der Waals surface area contributed by atoms with Crippen molar-refractivity contribution in [3.8, 4) is 11.5 Å². The maximum Gasteiger partial charge on any atom is 0.161 e. The Morgan fingerprint density at radius 3 is 2.65 bits per heavy atom. The molecule has 2 aromatic rings. The van der Waals surface area contributed by atoms with Crippen LogP contribution in [0.3, 0.4) is 0 Å². The van der Waals surface area contributed by atoms with E-state index in [0.717, 1.165) is 17.5 Å². The molecule has 20 heavy (non-hydrogen) atoms. The maximum atomic E-state index is 13.1. The summed E-state index contributed by atoms with van der Waals surface area (Å²) in [7, 11) is 1.60. The van der Waals surface area contributed by atoms with E-state index in [1.807, 2.05) is 30.3 Å². The van der Waals surface area contributed by atoms with E-state index in [9.17, 15) is 4.39 Å². The van der Waals surface area contributed by atoms with Gasteiger partial charge in [0.2, 0.25) is 0 Å². The van der Waals surface area contributed by atoms with Crippen LogP contribution in [0.15, 0.2) is 55.1 Å². The first kappa shape index (κ1) is 14.1. The Bertz CT molecular complexity index is 593. The predicted molar refractivity (Wildman–Crippen MR) is 77.6 cm³/mol. The summed E-state index contributed by atoms with van der Waals surface area (Å²) in [4.78, 5) is 0. The van der Waals surface area contributed by atoms with Crippen molar-refractivity contribution < 1.29 is 13.9 Å². The average Bonchev–Trinajstić information content (AvgIpc) is 2.46. The summed E-state index contributed by atoms with van der Waals surface area (Å²) in [6.45, 7) is 4.01. The van der Waals surface area contributed by atoms with Gasteiger partial charge >= 0.3 is 0 Å². The number of rotatable bonds is 6. The fourth-order valence-electron chi connectivity index (χ4n) is 1.91. The summed E-state index contributed by atoms with van der Waals surface area (Å²) in [6.07, 6.45) is 2.61. The highest BCUT2D eigenvalue weighted by Crippen LogP contribution is 2.29. The standard InChI is InChI=1S/C17H17FO2/c1-3-5-13-8-9-16(17(11-13)19-2)20-12-14-6-4-7-15(18)10-14/h3-4,6-11H,1,5,12H2,2H3. The van der Waals surface area contributed by atoms with Gasteiger partial charge in [-0.3, -0.25) is 0 Å². The molecule has 0 unspecified atom stereocenters. The zero-order valence-corrected chi connectivity index (χ0v) is 11.4. The van der Waals surface area contributed by atoms with Crippen LogP contribution in [0, 0.1) is 5.82 Å². The molecule has 104 valence electrons. The van der Waals surface area contributed by atoms with E-state index < -0.39 is 0 Å². The Balaban J connectivity index is 2.10. The molecule has 0 amide bonds. The van der Waals surface area contributed by atoms with Gasteiger partial charge in [0, 0.05) is 0 Å². The molecular weight excluding hydrogens is 255 g/mol. The first-order valence-corrected chi connectivity index (χ1v) is 6.38. The van der Waals surface area contributed by atoms with Gasteiger partial charge in [0.05, 0.1) is 7.11 Å². The molecule has 0 heterocycles. The van der Waals surface area contributed by atoms with Gasteiger partial charge in [0.15, 0.2) is 11.5 Å². The number of hydrogen-bond acceptors (Lipinski definition) is 2. The number of hydrogen-bond donors (Lipinski definition) is 0. The van der Waals surface area contributed by atoms with E-state index in [-0.39, 0.29) is 5.82 Å². The van der Waals surface area contributed by atoms with Crippen LogP contribution in [0.4, 0.5) is 4.39 Å². The van der Waals surface area contributed by atoms with Gasteiger partial charge in [-0.1, -0.05) is 24.3 Å². The highest BCUT2D eigenvalue weighted by Gasteiger charge is 2.06. The van der Waals surface area contributed by atoms with Crippen molar-refractivity contribution in [1.29, 1.82) is 0 Å². The molecule has 0 aliphatic carbocycles. The van der Waals surface area contributed by atoms with Crippen LogP contribution in [0.25, 0.3) is 0 Å². The van der Waals surface area contributed by atoms with E-state index in [2.05, 4.69) is 6.58 Å². The lowest BCUT2D eigenvalue weighted by atomic mass is 10.1. The van der Waals surface area contributed by atoms with Gasteiger partial charge in [0.25, 0.3) is 0 Å². The molecule has 0 saturated carbocycles. The molecule has 2 rings (SSSR count). The molecule has 0 aromatic heterocycles. The first-order chi connectivity index (χ1) is 9.72. The second kappa shape index (κ2) is 6.75. The average molecular weight is 272 g/mol. The SMILES string of the molecule is C=CCc1ccc(OCc2cccc(F)c2)c(OC)c1. The van der Waals surface area contributed by atoms with E-state index in [1.54, 1.807) is 13.2 Å². The third-order valence-electron chi connectivity index (χ3n) is 2.89. The predicted octanol–water partition coefficient (Wildman–Crippen LogP) is 4.14. The Morgan fingerprint density at radius 1 is 1.10 bits per heavy atom. The molecule has 0 aliphatic heterocycles. The molecule has 0 atom stereocenters. The van der Waals surface area contributed by atoms with Gasteiger partial charge in [0.1, 0.15) is 12.4 Å². The van der Waals surface area contributed by atoms with Crippen molar-refractivity contribution in [3.05, 3.63) is 72.1 Å². The maximum absolute atomic E-state index is 13.1. The summed E-state index contributed by atoms with van der Waals surface area (Å²) >= 11 is 0. The van der Waals surface area contributed by atoms with Crippen molar-refractivity contribution in [2.24, 2.45) is 0 Å². The van der Waals surface area contributed by atoms with Gasteiger partial charge in [-0.15, -0.1) is 6.58 Å². The van der Waals surface area contributed by atoms with Crippen molar-refractivity contribution in [2.45, 2.75) is 13.0 Å². The Labute approximate surface area is 118 Å². The van der Waals surface area contributed by atoms with Crippen molar-refractivity contribution >= 4 is 0 Å². The molecule has 0 aliphatic rings. The number of benzene rings is 2. The molecule has 0 radical (unpaired) electrons. The Hall–Kier alpha value is -2.29. The third kappa shape index (κ3) is 3.60. The monoisotopic (exact) mass is 272 g/mol. The second-order valence-corrected chi connectivity index (χ2v) is 4.40. The summed E-state index contributed by atoms with van der Waals surface area (Å²) in [5.41, 5.74) is 1.89. The molecule has 0 saturated heterocycles. The highest BCUT2D eigenvalue weighted by molar-refractivity contribution is 5.43. The topological polar surface area (TPSA) is 18.5 Å². The van der Waals surface area contributed by atoms with Crippen LogP contribution in [0.1, 0.15) is 11.1 Å². The molecule has 0 bridgehead atoms. The molecular formula is C17H17FO2. The zero-order valence-electron chi connectivity index (χ0n) is 11.4. The normalized spacial score (nSPS) is 10.1. The second-order valence-electron chi connectivity index (χ2n) is 4.40. The smallest absolute Gasteiger partial charge is 0.161 e. The van der Waals surface area contributed by atoms with Crippen molar-refractivity contribution in [2.75, 3.05) is 7.11 Å². The number of halogens is 1. The van der Waals surface area contributed by atoms with E-state index in [0.29, 0.717) is 18.1 Å². The summed E-state index contributed by atoms with van der Waals surface area (Å²) in [5.74, 6) is 1.05. The number of methoxy groups -OCH3 is 1. The molecule has 0 fully saturated rings. The summed E-state index contributed by atoms with van der Waals surface area (Å²) in [6, 6.07) is 12.1.